The Morgan fingerprint density at radius 1 is 0.774 bits per heavy atom. The SMILES string of the molecule is O=C(Nc1cccc(NC(=O)c2ccc(S(=O)(=O)C(F)(F)F)cc2)c1)c1ccncc1. The highest BCUT2D eigenvalue weighted by Crippen LogP contribution is 2.30. The molecular weight excluding hydrogens is 435 g/mol. The molecule has 1 heterocycles. The van der Waals surface area contributed by atoms with Crippen LogP contribution < -0.4 is 10.6 Å². The van der Waals surface area contributed by atoms with Gasteiger partial charge < -0.3 is 10.6 Å². The number of rotatable bonds is 5. The zero-order chi connectivity index (χ0) is 22.6. The number of hydrogen-bond acceptors (Lipinski definition) is 5. The Labute approximate surface area is 174 Å². The van der Waals surface area contributed by atoms with Crippen molar-refractivity contribution in [1.29, 1.82) is 0 Å². The molecule has 0 saturated carbocycles. The molecule has 0 atom stereocenters. The van der Waals surface area contributed by atoms with Crippen LogP contribution in [-0.4, -0.2) is 30.7 Å². The molecule has 11 heteroatoms. The number of carbonyl (C=O) groups is 2. The van der Waals surface area contributed by atoms with Crippen molar-refractivity contribution in [2.24, 2.45) is 0 Å². The monoisotopic (exact) mass is 449 g/mol. The van der Waals surface area contributed by atoms with Gasteiger partial charge >= 0.3 is 5.51 Å². The van der Waals surface area contributed by atoms with Crippen LogP contribution in [0.15, 0.2) is 78.0 Å². The molecule has 0 fully saturated rings. The first-order valence-electron chi connectivity index (χ1n) is 8.62. The molecule has 0 aliphatic carbocycles. The Morgan fingerprint density at radius 3 is 1.74 bits per heavy atom. The van der Waals surface area contributed by atoms with E-state index in [0.29, 0.717) is 29.1 Å². The number of nitrogens with one attached hydrogen (secondary N) is 2. The third-order valence-electron chi connectivity index (χ3n) is 4.05. The smallest absolute Gasteiger partial charge is 0.322 e. The number of sulfone groups is 1. The average molecular weight is 449 g/mol. The standard InChI is InChI=1S/C20H14F3N3O4S/c21-20(22,23)31(29,30)17-6-4-13(5-7-17)18(27)25-15-2-1-3-16(12-15)26-19(28)14-8-10-24-11-9-14/h1-12H,(H,25,27)(H,26,28). The molecule has 2 aromatic carbocycles. The molecule has 2 N–H and O–H groups in total. The van der Waals surface area contributed by atoms with Crippen molar-refractivity contribution in [2.75, 3.05) is 10.6 Å². The fourth-order valence-electron chi connectivity index (χ4n) is 2.50. The number of anilines is 2. The van der Waals surface area contributed by atoms with E-state index in [-0.39, 0.29) is 11.5 Å². The molecular formula is C20H14F3N3O4S. The summed E-state index contributed by atoms with van der Waals surface area (Å²) in [7, 11) is -5.49. The summed E-state index contributed by atoms with van der Waals surface area (Å²) in [6.07, 6.45) is 2.94. The number of halogens is 3. The highest BCUT2D eigenvalue weighted by Gasteiger charge is 2.46. The Morgan fingerprint density at radius 2 is 1.26 bits per heavy atom. The summed E-state index contributed by atoms with van der Waals surface area (Å²) >= 11 is 0. The zero-order valence-corrected chi connectivity index (χ0v) is 16.4. The van der Waals surface area contributed by atoms with Crippen LogP contribution >= 0.6 is 0 Å². The van der Waals surface area contributed by atoms with E-state index in [9.17, 15) is 31.2 Å². The summed E-state index contributed by atoms with van der Waals surface area (Å²) in [6, 6.07) is 12.6. The maximum absolute atomic E-state index is 12.6. The average Bonchev–Trinajstić information content (AvgIpc) is 2.74. The lowest BCUT2D eigenvalue weighted by atomic mass is 10.2. The molecule has 0 saturated heterocycles. The summed E-state index contributed by atoms with van der Waals surface area (Å²) in [6.45, 7) is 0. The largest absolute Gasteiger partial charge is 0.501 e. The topological polar surface area (TPSA) is 105 Å². The summed E-state index contributed by atoms with van der Waals surface area (Å²) in [4.78, 5) is 27.4. The fraction of sp³-hybridized carbons (Fsp3) is 0.0500. The van der Waals surface area contributed by atoms with Crippen molar-refractivity contribution < 1.29 is 31.2 Å². The maximum Gasteiger partial charge on any atom is 0.501 e. The summed E-state index contributed by atoms with van der Waals surface area (Å²) in [5, 5.41) is 5.19. The second-order valence-corrected chi connectivity index (χ2v) is 8.14. The highest BCUT2D eigenvalue weighted by molar-refractivity contribution is 7.92. The number of alkyl halides is 3. The molecule has 3 aromatic rings. The molecule has 31 heavy (non-hydrogen) atoms. The van der Waals surface area contributed by atoms with Gasteiger partial charge in [-0.25, -0.2) is 8.42 Å². The van der Waals surface area contributed by atoms with Crippen molar-refractivity contribution in [3.8, 4) is 0 Å². The van der Waals surface area contributed by atoms with E-state index >= 15 is 0 Å². The van der Waals surface area contributed by atoms with Crippen LogP contribution in [0.2, 0.25) is 0 Å². The molecule has 1 aromatic heterocycles. The van der Waals surface area contributed by atoms with E-state index in [2.05, 4.69) is 15.6 Å². The second kappa shape index (κ2) is 8.56. The minimum Gasteiger partial charge on any atom is -0.322 e. The van der Waals surface area contributed by atoms with Crippen LogP contribution in [0.5, 0.6) is 0 Å². The van der Waals surface area contributed by atoms with Gasteiger partial charge in [-0.3, -0.25) is 14.6 Å². The van der Waals surface area contributed by atoms with Crippen molar-refractivity contribution in [3.63, 3.8) is 0 Å². The molecule has 2 amide bonds. The Hall–Kier alpha value is -3.73. The third-order valence-corrected chi connectivity index (χ3v) is 5.55. The Balaban J connectivity index is 1.71. The molecule has 7 nitrogen and oxygen atoms in total. The molecule has 0 radical (unpaired) electrons. The predicted molar refractivity (Wildman–Crippen MR) is 106 cm³/mol. The first-order valence-corrected chi connectivity index (χ1v) is 10.1. The van der Waals surface area contributed by atoms with E-state index in [4.69, 9.17) is 0 Å². The Bertz CT molecular complexity index is 1210. The van der Waals surface area contributed by atoms with E-state index in [0.717, 1.165) is 12.1 Å². The summed E-state index contributed by atoms with van der Waals surface area (Å²) in [5.41, 5.74) is -4.39. The van der Waals surface area contributed by atoms with Gasteiger partial charge in [-0.15, -0.1) is 0 Å². The van der Waals surface area contributed by atoms with Gasteiger partial charge in [0.25, 0.3) is 21.7 Å². The molecule has 0 spiro atoms. The number of carbonyl (C=O) groups excluding carboxylic acids is 2. The zero-order valence-electron chi connectivity index (χ0n) is 15.6. The van der Waals surface area contributed by atoms with Gasteiger partial charge in [-0.1, -0.05) is 6.07 Å². The number of pyridine rings is 1. The normalized spacial score (nSPS) is 11.6. The van der Waals surface area contributed by atoms with Crippen molar-refractivity contribution in [3.05, 3.63) is 84.2 Å². The van der Waals surface area contributed by atoms with E-state index in [1.54, 1.807) is 18.2 Å². The number of benzene rings is 2. The van der Waals surface area contributed by atoms with Crippen molar-refractivity contribution in [2.45, 2.75) is 10.4 Å². The van der Waals surface area contributed by atoms with Crippen LogP contribution in [0.3, 0.4) is 0 Å². The fourth-order valence-corrected chi connectivity index (χ4v) is 3.27. The van der Waals surface area contributed by atoms with Crippen LogP contribution in [0.1, 0.15) is 20.7 Å². The number of nitrogens with zero attached hydrogens (tertiary/aromatic N) is 1. The lowest BCUT2D eigenvalue weighted by Gasteiger charge is -2.10. The van der Waals surface area contributed by atoms with Gasteiger partial charge in [-0.05, 0) is 54.6 Å². The number of aromatic nitrogens is 1. The minimum absolute atomic E-state index is 0.0488. The van der Waals surface area contributed by atoms with E-state index in [1.165, 1.54) is 30.6 Å². The Kier molecular flexibility index (Phi) is 6.07. The molecule has 0 aliphatic rings. The predicted octanol–water partition coefficient (Wildman–Crippen LogP) is 3.88. The van der Waals surface area contributed by atoms with Crippen LogP contribution in [-0.2, 0) is 9.84 Å². The van der Waals surface area contributed by atoms with Gasteiger partial charge in [0.15, 0.2) is 0 Å². The van der Waals surface area contributed by atoms with E-state index < -0.39 is 26.1 Å². The van der Waals surface area contributed by atoms with E-state index in [1.807, 2.05) is 0 Å². The van der Waals surface area contributed by atoms with Gasteiger partial charge in [0, 0.05) is 34.9 Å². The van der Waals surface area contributed by atoms with Gasteiger partial charge in [-0.2, -0.15) is 13.2 Å². The molecule has 0 bridgehead atoms. The second-order valence-electron chi connectivity index (χ2n) is 6.20. The van der Waals surface area contributed by atoms with Crippen LogP contribution in [0.4, 0.5) is 24.5 Å². The third kappa shape index (κ3) is 5.07. The van der Waals surface area contributed by atoms with Crippen LogP contribution in [0.25, 0.3) is 0 Å². The molecule has 0 aliphatic heterocycles. The molecule has 0 unspecified atom stereocenters. The highest BCUT2D eigenvalue weighted by atomic mass is 32.2. The van der Waals surface area contributed by atoms with Crippen LogP contribution in [0, 0.1) is 0 Å². The summed E-state index contributed by atoms with van der Waals surface area (Å²) in [5.74, 6) is -1.05. The molecule has 160 valence electrons. The lowest BCUT2D eigenvalue weighted by molar-refractivity contribution is -0.0436. The number of amides is 2. The van der Waals surface area contributed by atoms with Crippen molar-refractivity contribution in [1.82, 2.24) is 4.98 Å². The first-order chi connectivity index (χ1) is 14.6. The summed E-state index contributed by atoms with van der Waals surface area (Å²) < 4.78 is 60.6. The van der Waals surface area contributed by atoms with Crippen molar-refractivity contribution >= 4 is 33.0 Å². The van der Waals surface area contributed by atoms with Gasteiger partial charge in [0.05, 0.1) is 4.90 Å². The minimum atomic E-state index is -5.49. The lowest BCUT2D eigenvalue weighted by Crippen LogP contribution is -2.23. The van der Waals surface area contributed by atoms with Gasteiger partial charge in [0.2, 0.25) is 0 Å². The number of hydrogen-bond donors (Lipinski definition) is 2. The maximum atomic E-state index is 12.6. The molecule has 3 rings (SSSR count). The first kappa shape index (κ1) is 22.0. The quantitative estimate of drug-likeness (QED) is 0.615. The van der Waals surface area contributed by atoms with Gasteiger partial charge in [0.1, 0.15) is 0 Å².